The number of halogens is 3. The normalized spacial score (nSPS) is 12.1. The summed E-state index contributed by atoms with van der Waals surface area (Å²) in [5.41, 5.74) is 1.10. The monoisotopic (exact) mass is 470 g/mol. The maximum absolute atomic E-state index is 13.6. The van der Waals surface area contributed by atoms with Gasteiger partial charge in [-0.25, -0.2) is 13.8 Å². The lowest BCUT2D eigenvalue weighted by molar-refractivity contribution is 0.0993. The molecule has 0 saturated heterocycles. The Morgan fingerprint density at radius 2 is 1.81 bits per heavy atom. The first-order valence-electron chi connectivity index (χ1n) is 9.73. The van der Waals surface area contributed by atoms with Crippen LogP contribution in [0.2, 0.25) is 5.02 Å². The van der Waals surface area contributed by atoms with E-state index in [1.54, 1.807) is 25.1 Å². The lowest BCUT2D eigenvalue weighted by atomic mass is 10.1. The number of carbonyl (C=O) groups excluding carboxylic acids is 1. The number of hydrogen-bond donors (Lipinski definition) is 0. The third-order valence-electron chi connectivity index (χ3n) is 4.92. The second-order valence-electron chi connectivity index (χ2n) is 7.19. The van der Waals surface area contributed by atoms with E-state index < -0.39 is 22.7 Å². The largest absolute Gasteiger partial charge is 0.293 e. The van der Waals surface area contributed by atoms with E-state index in [0.717, 1.165) is 29.5 Å². The fourth-order valence-corrected chi connectivity index (χ4v) is 4.42. The van der Waals surface area contributed by atoms with Crippen LogP contribution < -0.4 is 5.56 Å². The molecule has 1 aromatic heterocycles. The summed E-state index contributed by atoms with van der Waals surface area (Å²) in [6.07, 6.45) is 0. The summed E-state index contributed by atoms with van der Waals surface area (Å²) >= 11 is 7.16. The van der Waals surface area contributed by atoms with Crippen LogP contribution in [-0.2, 0) is 6.54 Å². The number of Topliss-reactive ketones (excluding diaryl/α,β-unsaturated/α-hetero) is 1. The molecule has 4 nitrogen and oxygen atoms in total. The van der Waals surface area contributed by atoms with Gasteiger partial charge in [-0.1, -0.05) is 53.7 Å². The van der Waals surface area contributed by atoms with Crippen LogP contribution in [0.25, 0.3) is 10.9 Å². The molecule has 0 bridgehead atoms. The highest BCUT2D eigenvalue weighted by atomic mass is 35.5. The molecule has 0 aliphatic carbocycles. The highest BCUT2D eigenvalue weighted by Crippen LogP contribution is 2.27. The predicted molar refractivity (Wildman–Crippen MR) is 123 cm³/mol. The number of aromatic nitrogens is 2. The van der Waals surface area contributed by atoms with Crippen LogP contribution in [0.15, 0.2) is 76.7 Å². The number of hydrogen-bond acceptors (Lipinski definition) is 4. The van der Waals surface area contributed by atoms with Gasteiger partial charge in [-0.05, 0) is 48.9 Å². The molecule has 3 aromatic carbocycles. The zero-order chi connectivity index (χ0) is 22.8. The first kappa shape index (κ1) is 22.2. The maximum atomic E-state index is 13.6. The molecular weight excluding hydrogens is 454 g/mol. The van der Waals surface area contributed by atoms with Crippen molar-refractivity contribution in [3.63, 3.8) is 0 Å². The van der Waals surface area contributed by atoms with Crippen LogP contribution in [0, 0.1) is 11.6 Å². The fourth-order valence-electron chi connectivity index (χ4n) is 3.26. The first-order valence-corrected chi connectivity index (χ1v) is 11.0. The highest BCUT2D eigenvalue weighted by molar-refractivity contribution is 8.00. The Kier molecular flexibility index (Phi) is 6.39. The van der Waals surface area contributed by atoms with Gasteiger partial charge in [0.05, 0.1) is 22.7 Å². The average Bonchev–Trinajstić information content (AvgIpc) is 2.78. The van der Waals surface area contributed by atoms with Crippen molar-refractivity contribution < 1.29 is 13.6 Å². The van der Waals surface area contributed by atoms with E-state index in [9.17, 15) is 18.4 Å². The summed E-state index contributed by atoms with van der Waals surface area (Å²) in [4.78, 5) is 30.7. The molecule has 32 heavy (non-hydrogen) atoms. The van der Waals surface area contributed by atoms with Crippen molar-refractivity contribution in [3.8, 4) is 0 Å². The van der Waals surface area contributed by atoms with Crippen LogP contribution >= 0.6 is 23.4 Å². The van der Waals surface area contributed by atoms with Crippen molar-refractivity contribution >= 4 is 40.0 Å². The van der Waals surface area contributed by atoms with Crippen molar-refractivity contribution in [2.75, 3.05) is 0 Å². The van der Waals surface area contributed by atoms with Gasteiger partial charge in [0.25, 0.3) is 5.56 Å². The number of benzene rings is 3. The number of thioether (sulfide) groups is 1. The smallest absolute Gasteiger partial charge is 0.262 e. The van der Waals surface area contributed by atoms with E-state index in [2.05, 4.69) is 4.98 Å². The minimum atomic E-state index is -1.09. The van der Waals surface area contributed by atoms with Gasteiger partial charge in [0.1, 0.15) is 0 Å². The second kappa shape index (κ2) is 9.22. The van der Waals surface area contributed by atoms with Gasteiger partial charge in [-0.2, -0.15) is 0 Å². The molecule has 4 aromatic rings. The number of fused-ring (bicyclic) bond motifs is 1. The third-order valence-corrected chi connectivity index (χ3v) is 6.25. The van der Waals surface area contributed by atoms with Gasteiger partial charge >= 0.3 is 0 Å². The van der Waals surface area contributed by atoms with E-state index in [0.29, 0.717) is 21.1 Å². The topological polar surface area (TPSA) is 52.0 Å². The standard InChI is InChI=1S/C24H17ClF2N2O2S/c1-14(22(30)16-7-10-19(26)20(27)11-16)32-24-28-21-12-17(25)8-9-18(21)23(31)29(24)13-15-5-3-2-4-6-15/h2-12,14H,13H2,1H3/t14-/m0/s1. The number of carbonyl (C=O) groups is 1. The highest BCUT2D eigenvalue weighted by Gasteiger charge is 2.22. The molecule has 162 valence electrons. The quantitative estimate of drug-likeness (QED) is 0.205. The van der Waals surface area contributed by atoms with Gasteiger partial charge < -0.3 is 0 Å². The Balaban J connectivity index is 1.75. The average molecular weight is 471 g/mol. The molecule has 4 rings (SSSR count). The van der Waals surface area contributed by atoms with Gasteiger partial charge in [-0.15, -0.1) is 0 Å². The Hall–Kier alpha value is -3.03. The van der Waals surface area contributed by atoms with Crippen LogP contribution in [0.3, 0.4) is 0 Å². The Labute approximate surface area is 191 Å². The molecule has 1 atom stereocenters. The van der Waals surface area contributed by atoms with Crippen LogP contribution in [-0.4, -0.2) is 20.6 Å². The zero-order valence-electron chi connectivity index (χ0n) is 16.9. The molecule has 0 N–H and O–H groups in total. The van der Waals surface area contributed by atoms with E-state index in [-0.39, 0.29) is 17.7 Å². The number of rotatable bonds is 6. The second-order valence-corrected chi connectivity index (χ2v) is 8.93. The SMILES string of the molecule is C[C@H](Sc1nc2cc(Cl)ccc2c(=O)n1Cc1ccccc1)C(=O)c1ccc(F)c(F)c1. The molecule has 0 saturated carbocycles. The molecule has 0 aliphatic rings. The van der Waals surface area contributed by atoms with Gasteiger partial charge in [-0.3, -0.25) is 14.2 Å². The molecule has 0 unspecified atom stereocenters. The zero-order valence-corrected chi connectivity index (χ0v) is 18.5. The third kappa shape index (κ3) is 4.59. The van der Waals surface area contributed by atoms with Gasteiger partial charge in [0.2, 0.25) is 0 Å². The molecule has 0 fully saturated rings. The Morgan fingerprint density at radius 3 is 2.53 bits per heavy atom. The molecule has 0 amide bonds. The summed E-state index contributed by atoms with van der Waals surface area (Å²) in [5.74, 6) is -2.51. The number of ketones is 1. The minimum absolute atomic E-state index is 0.0460. The van der Waals surface area contributed by atoms with Crippen LogP contribution in [0.4, 0.5) is 8.78 Å². The Bertz CT molecular complexity index is 1380. The van der Waals surface area contributed by atoms with Crippen LogP contribution in [0.5, 0.6) is 0 Å². The molecule has 0 radical (unpaired) electrons. The van der Waals surface area contributed by atoms with E-state index in [1.807, 2.05) is 30.3 Å². The van der Waals surface area contributed by atoms with Crippen molar-refractivity contribution in [1.82, 2.24) is 9.55 Å². The summed E-state index contributed by atoms with van der Waals surface area (Å²) in [6, 6.07) is 17.3. The summed E-state index contributed by atoms with van der Waals surface area (Å²) in [6.45, 7) is 1.90. The van der Waals surface area contributed by atoms with Gasteiger partial charge in [0.15, 0.2) is 22.6 Å². The van der Waals surface area contributed by atoms with Crippen molar-refractivity contribution in [2.45, 2.75) is 23.9 Å². The molecule has 8 heteroatoms. The predicted octanol–water partition coefficient (Wildman–Crippen LogP) is 5.74. The maximum Gasteiger partial charge on any atom is 0.262 e. The summed E-state index contributed by atoms with van der Waals surface area (Å²) < 4.78 is 28.3. The molecule has 0 spiro atoms. The van der Waals surface area contributed by atoms with Gasteiger partial charge in [0, 0.05) is 10.6 Å². The van der Waals surface area contributed by atoms with Crippen molar-refractivity contribution in [3.05, 3.63) is 105 Å². The Morgan fingerprint density at radius 1 is 1.06 bits per heavy atom. The van der Waals surface area contributed by atoms with Crippen molar-refractivity contribution in [2.24, 2.45) is 0 Å². The van der Waals surface area contributed by atoms with Crippen LogP contribution in [0.1, 0.15) is 22.8 Å². The molecule has 0 aliphatic heterocycles. The number of nitrogens with zero attached hydrogens (tertiary/aromatic N) is 2. The summed E-state index contributed by atoms with van der Waals surface area (Å²) in [5, 5.41) is 0.476. The molecular formula is C24H17ClF2N2O2S. The lowest BCUT2D eigenvalue weighted by Crippen LogP contribution is -2.25. The first-order chi connectivity index (χ1) is 15.3. The van der Waals surface area contributed by atoms with E-state index >= 15 is 0 Å². The van der Waals surface area contributed by atoms with E-state index in [1.165, 1.54) is 10.6 Å². The molecule has 1 heterocycles. The minimum Gasteiger partial charge on any atom is -0.293 e. The van der Waals surface area contributed by atoms with E-state index in [4.69, 9.17) is 11.6 Å². The fraction of sp³-hybridized carbons (Fsp3) is 0.125. The lowest BCUT2D eigenvalue weighted by Gasteiger charge is -2.16. The summed E-state index contributed by atoms with van der Waals surface area (Å²) in [7, 11) is 0. The van der Waals surface area contributed by atoms with Crippen molar-refractivity contribution in [1.29, 1.82) is 0 Å².